The van der Waals surface area contributed by atoms with E-state index in [2.05, 4.69) is 20.1 Å². The fraction of sp³-hybridized carbons (Fsp3) is 0.360. The number of anilines is 1. The zero-order valence-corrected chi connectivity index (χ0v) is 21.6. The highest BCUT2D eigenvalue weighted by atomic mass is 32.2. The van der Waals surface area contributed by atoms with Crippen LogP contribution in [0.15, 0.2) is 47.8 Å². The van der Waals surface area contributed by atoms with E-state index < -0.39 is 21.6 Å². The molecule has 0 bridgehead atoms. The van der Waals surface area contributed by atoms with Crippen molar-refractivity contribution in [1.82, 2.24) is 24.4 Å². The summed E-state index contributed by atoms with van der Waals surface area (Å²) in [7, 11) is -0.356. The predicted molar refractivity (Wildman–Crippen MR) is 136 cm³/mol. The number of nitrogens with zero attached hydrogens (tertiary/aromatic N) is 5. The second-order valence-electron chi connectivity index (χ2n) is 9.73. The third-order valence-corrected chi connectivity index (χ3v) is 7.32. The summed E-state index contributed by atoms with van der Waals surface area (Å²) in [4.78, 5) is 18.9. The van der Waals surface area contributed by atoms with Crippen LogP contribution in [-0.2, 0) is 28.4 Å². The van der Waals surface area contributed by atoms with Gasteiger partial charge in [0.05, 0.1) is 11.2 Å². The summed E-state index contributed by atoms with van der Waals surface area (Å²) in [6, 6.07) is 9.78. The van der Waals surface area contributed by atoms with Crippen molar-refractivity contribution < 1.29 is 13.2 Å². The number of amides is 2. The number of aromatic nitrogens is 3. The first kappa shape index (κ1) is 25.3. The molecular weight excluding hydrogens is 478 g/mol. The lowest BCUT2D eigenvalue weighted by molar-refractivity contribution is 0.221. The number of rotatable bonds is 7. The number of benzene rings is 1. The number of nitriles is 1. The van der Waals surface area contributed by atoms with Crippen molar-refractivity contribution >= 4 is 21.7 Å². The molecule has 1 aliphatic rings. The standard InChI is InChI=1S/C25H29N7O3S/c1-25(2,16-31(3)4)32-13-11-22(29-32)36(34,35)30-24(33)28-23-20-7-5-6-17(20)8-9-21(23)18-10-12-27-19(14-18)15-26/h8-14H,5-7,16H2,1-4H3,(H2,28,30,33). The van der Waals surface area contributed by atoms with E-state index in [1.807, 2.05) is 51.0 Å². The van der Waals surface area contributed by atoms with Gasteiger partial charge >= 0.3 is 6.03 Å². The molecule has 1 aliphatic carbocycles. The van der Waals surface area contributed by atoms with Crippen molar-refractivity contribution in [1.29, 1.82) is 5.26 Å². The first-order chi connectivity index (χ1) is 17.0. The Bertz CT molecular complexity index is 1450. The van der Waals surface area contributed by atoms with Crippen LogP contribution in [0.25, 0.3) is 11.1 Å². The van der Waals surface area contributed by atoms with Crippen LogP contribution in [0, 0.1) is 11.3 Å². The first-order valence-corrected chi connectivity index (χ1v) is 13.0. The smallest absolute Gasteiger partial charge is 0.307 e. The molecule has 0 aliphatic heterocycles. The van der Waals surface area contributed by atoms with E-state index in [0.717, 1.165) is 30.4 Å². The maximum Gasteiger partial charge on any atom is 0.333 e. The van der Waals surface area contributed by atoms with Crippen LogP contribution in [0.4, 0.5) is 10.5 Å². The topological polar surface area (TPSA) is 133 Å². The van der Waals surface area contributed by atoms with Gasteiger partial charge in [-0.3, -0.25) is 4.68 Å². The summed E-state index contributed by atoms with van der Waals surface area (Å²) in [5.41, 5.74) is 3.79. The van der Waals surface area contributed by atoms with Crippen LogP contribution in [0.1, 0.15) is 37.1 Å². The fourth-order valence-corrected chi connectivity index (χ4v) is 5.49. The monoisotopic (exact) mass is 507 g/mol. The van der Waals surface area contributed by atoms with Gasteiger partial charge in [0.15, 0.2) is 5.03 Å². The van der Waals surface area contributed by atoms with Gasteiger partial charge in [-0.05, 0) is 82.1 Å². The lowest BCUT2D eigenvalue weighted by atomic mass is 9.97. The van der Waals surface area contributed by atoms with E-state index >= 15 is 0 Å². The molecule has 2 heterocycles. The third kappa shape index (κ3) is 5.24. The second kappa shape index (κ2) is 9.72. The van der Waals surface area contributed by atoms with E-state index in [1.165, 1.54) is 12.3 Å². The number of aryl methyl sites for hydroxylation is 1. The van der Waals surface area contributed by atoms with Crippen LogP contribution in [0.3, 0.4) is 0 Å². The maximum absolute atomic E-state index is 13.0. The van der Waals surface area contributed by atoms with Crippen LogP contribution in [-0.4, -0.2) is 54.8 Å². The number of carbonyl (C=O) groups excluding carboxylic acids is 1. The van der Waals surface area contributed by atoms with Gasteiger partial charge in [-0.15, -0.1) is 0 Å². The predicted octanol–water partition coefficient (Wildman–Crippen LogP) is 3.11. The molecule has 4 rings (SSSR count). The van der Waals surface area contributed by atoms with Gasteiger partial charge in [0.25, 0.3) is 10.0 Å². The van der Waals surface area contributed by atoms with Crippen LogP contribution >= 0.6 is 0 Å². The second-order valence-corrected chi connectivity index (χ2v) is 11.4. The molecule has 0 spiro atoms. The lowest BCUT2D eigenvalue weighted by Crippen LogP contribution is -2.38. The van der Waals surface area contributed by atoms with Gasteiger partial charge in [0.1, 0.15) is 11.8 Å². The van der Waals surface area contributed by atoms with Crippen molar-refractivity contribution in [3.8, 4) is 17.2 Å². The van der Waals surface area contributed by atoms with Gasteiger partial charge in [0.2, 0.25) is 0 Å². The van der Waals surface area contributed by atoms with Gasteiger partial charge in [-0.25, -0.2) is 14.5 Å². The van der Waals surface area contributed by atoms with E-state index in [1.54, 1.807) is 23.0 Å². The van der Waals surface area contributed by atoms with Crippen LogP contribution in [0.2, 0.25) is 0 Å². The molecule has 0 fully saturated rings. The number of hydrogen-bond donors (Lipinski definition) is 2. The third-order valence-electron chi connectivity index (χ3n) is 6.10. The maximum atomic E-state index is 13.0. The minimum absolute atomic E-state index is 0.240. The van der Waals surface area contributed by atoms with Crippen molar-refractivity contribution in [2.45, 2.75) is 43.7 Å². The molecule has 0 atom stereocenters. The number of fused-ring (bicyclic) bond motifs is 1. The molecule has 2 amide bonds. The van der Waals surface area contributed by atoms with Crippen molar-refractivity contribution in [2.75, 3.05) is 26.0 Å². The summed E-state index contributed by atoms with van der Waals surface area (Å²) < 4.78 is 29.6. The molecule has 188 valence electrons. The van der Waals surface area contributed by atoms with Gasteiger partial charge in [-0.1, -0.05) is 12.1 Å². The number of hydrogen-bond acceptors (Lipinski definition) is 7. The van der Waals surface area contributed by atoms with E-state index in [-0.39, 0.29) is 10.7 Å². The van der Waals surface area contributed by atoms with Crippen molar-refractivity contribution in [2.24, 2.45) is 0 Å². The highest BCUT2D eigenvalue weighted by Crippen LogP contribution is 2.37. The van der Waals surface area contributed by atoms with Crippen molar-refractivity contribution in [3.05, 3.63) is 59.5 Å². The van der Waals surface area contributed by atoms with Crippen molar-refractivity contribution in [3.63, 3.8) is 0 Å². The fourth-order valence-electron chi connectivity index (χ4n) is 4.66. The lowest BCUT2D eigenvalue weighted by Gasteiger charge is -2.28. The van der Waals surface area contributed by atoms with E-state index in [0.29, 0.717) is 23.4 Å². The summed E-state index contributed by atoms with van der Waals surface area (Å²) in [6.45, 7) is 4.54. The molecule has 0 unspecified atom stereocenters. The van der Waals surface area contributed by atoms with Crippen LogP contribution < -0.4 is 10.0 Å². The summed E-state index contributed by atoms with van der Waals surface area (Å²) in [5.74, 6) is 0. The van der Waals surface area contributed by atoms with Gasteiger partial charge in [-0.2, -0.15) is 18.8 Å². The first-order valence-electron chi connectivity index (χ1n) is 11.6. The molecule has 3 aromatic rings. The Kier molecular flexibility index (Phi) is 6.84. The summed E-state index contributed by atoms with van der Waals surface area (Å²) in [6.07, 6.45) is 5.70. The summed E-state index contributed by atoms with van der Waals surface area (Å²) in [5, 5.41) is 16.0. The molecule has 1 aromatic carbocycles. The molecule has 0 saturated carbocycles. The number of nitrogens with one attached hydrogen (secondary N) is 2. The minimum atomic E-state index is -4.21. The molecule has 0 saturated heterocycles. The average molecular weight is 508 g/mol. The average Bonchev–Trinajstić information content (AvgIpc) is 3.49. The zero-order valence-electron chi connectivity index (χ0n) is 20.7. The number of urea groups is 1. The zero-order chi connectivity index (χ0) is 26.1. The number of pyridine rings is 1. The Morgan fingerprint density at radius 3 is 2.72 bits per heavy atom. The largest absolute Gasteiger partial charge is 0.333 e. The van der Waals surface area contributed by atoms with E-state index in [4.69, 9.17) is 0 Å². The normalized spacial score (nSPS) is 13.3. The van der Waals surface area contributed by atoms with E-state index in [9.17, 15) is 18.5 Å². The Hall–Kier alpha value is -3.75. The minimum Gasteiger partial charge on any atom is -0.307 e. The molecule has 11 heteroatoms. The molecule has 36 heavy (non-hydrogen) atoms. The SMILES string of the molecule is CN(C)CC(C)(C)n1ccc(S(=O)(=O)NC(=O)Nc2c(-c3ccnc(C#N)c3)ccc3c2CCC3)n1. The highest BCUT2D eigenvalue weighted by molar-refractivity contribution is 7.90. The Morgan fingerprint density at radius 2 is 2.00 bits per heavy atom. The van der Waals surface area contributed by atoms with Gasteiger partial charge in [0, 0.05) is 24.5 Å². The Labute approximate surface area is 211 Å². The molecular formula is C25H29N7O3S. The Morgan fingerprint density at radius 1 is 1.22 bits per heavy atom. The Balaban J connectivity index is 1.60. The van der Waals surface area contributed by atoms with Gasteiger partial charge < -0.3 is 10.2 Å². The number of carbonyl (C=O) groups is 1. The van der Waals surface area contributed by atoms with Crippen LogP contribution in [0.5, 0.6) is 0 Å². The molecule has 2 N–H and O–H groups in total. The highest BCUT2D eigenvalue weighted by Gasteiger charge is 2.27. The molecule has 10 nitrogen and oxygen atoms in total. The summed E-state index contributed by atoms with van der Waals surface area (Å²) >= 11 is 0. The number of likely N-dealkylation sites (N-methyl/N-ethyl adjacent to an activating group) is 1. The number of sulfonamides is 1. The molecule has 0 radical (unpaired) electrons. The quantitative estimate of drug-likeness (QED) is 0.502. The molecule has 2 aromatic heterocycles.